The zero-order valence-corrected chi connectivity index (χ0v) is 22.0. The van der Waals surface area contributed by atoms with Crippen LogP contribution in [0, 0.1) is 0 Å². The lowest BCUT2D eigenvalue weighted by Gasteiger charge is -2.12. The molecule has 2 N–H and O–H groups in total. The van der Waals surface area contributed by atoms with Gasteiger partial charge >= 0.3 is 0 Å². The molecule has 0 aliphatic heterocycles. The number of nitrogens with one attached hydrogen (secondary N) is 1. The predicted molar refractivity (Wildman–Crippen MR) is 149 cm³/mol. The van der Waals surface area contributed by atoms with E-state index in [0.717, 1.165) is 40.9 Å². The van der Waals surface area contributed by atoms with Crippen LogP contribution in [-0.2, 0) is 0 Å². The Morgan fingerprint density at radius 2 is 1.57 bits per heavy atom. The van der Waals surface area contributed by atoms with Gasteiger partial charge in [0.1, 0.15) is 5.75 Å². The quantitative estimate of drug-likeness (QED) is 0.179. The third kappa shape index (κ3) is 6.43. The maximum Gasteiger partial charge on any atom is 0.199 e. The van der Waals surface area contributed by atoms with Gasteiger partial charge in [0.15, 0.2) is 17.4 Å². The Bertz CT molecular complexity index is 1330. The van der Waals surface area contributed by atoms with Gasteiger partial charge in [-0.25, -0.2) is 4.99 Å². The molecule has 1 heterocycles. The van der Waals surface area contributed by atoms with Crippen LogP contribution in [0.15, 0.2) is 71.7 Å². The Balaban J connectivity index is 1.74. The number of nitrogens with zero attached hydrogens (tertiary/aromatic N) is 2. The average Bonchev–Trinajstić information content (AvgIpc) is 3.21. The lowest BCUT2D eigenvalue weighted by Crippen LogP contribution is -2.15. The second-order valence-electron chi connectivity index (χ2n) is 8.88. The van der Waals surface area contributed by atoms with Crippen LogP contribution in [0.4, 0.5) is 5.69 Å². The molecule has 0 amide bonds. The van der Waals surface area contributed by atoms with Crippen molar-refractivity contribution in [3.05, 3.63) is 77.9 Å². The molecule has 0 aliphatic carbocycles. The van der Waals surface area contributed by atoms with E-state index in [1.807, 2.05) is 80.6 Å². The molecule has 0 bridgehead atoms. The van der Waals surface area contributed by atoms with Crippen LogP contribution < -0.4 is 14.2 Å². The van der Waals surface area contributed by atoms with Crippen LogP contribution in [0.3, 0.4) is 0 Å². The summed E-state index contributed by atoms with van der Waals surface area (Å²) in [5.74, 6) is 2.09. The smallest absolute Gasteiger partial charge is 0.199 e. The number of benzene rings is 3. The monoisotopic (exact) mass is 501 g/mol. The molecule has 0 radical (unpaired) electrons. The molecule has 0 atom stereocenters. The molecule has 0 aliphatic rings. The summed E-state index contributed by atoms with van der Waals surface area (Å²) in [7, 11) is 4.11. The molecule has 1 aromatic heterocycles. The summed E-state index contributed by atoms with van der Waals surface area (Å²) in [6.45, 7) is 6.51. The van der Waals surface area contributed by atoms with Gasteiger partial charge in [-0.3, -0.25) is 0 Å². The van der Waals surface area contributed by atoms with E-state index in [0.29, 0.717) is 42.6 Å². The number of aliphatic imine (C=N–C) groups is 1. The minimum atomic E-state index is 0.0366. The van der Waals surface area contributed by atoms with Gasteiger partial charge in [-0.2, -0.15) is 0 Å². The summed E-state index contributed by atoms with van der Waals surface area (Å²) in [6, 6.07) is 21.3. The van der Waals surface area contributed by atoms with Crippen molar-refractivity contribution in [3.63, 3.8) is 0 Å². The van der Waals surface area contributed by atoms with Crippen LogP contribution in [0.5, 0.6) is 23.1 Å². The first-order valence-electron chi connectivity index (χ1n) is 12.7. The van der Waals surface area contributed by atoms with Crippen molar-refractivity contribution < 1.29 is 19.3 Å². The fourth-order valence-electron chi connectivity index (χ4n) is 4.14. The van der Waals surface area contributed by atoms with Crippen LogP contribution >= 0.6 is 0 Å². The van der Waals surface area contributed by atoms with Crippen LogP contribution in [0.25, 0.3) is 10.9 Å². The summed E-state index contributed by atoms with van der Waals surface area (Å²) in [5, 5.41) is 11.8. The summed E-state index contributed by atoms with van der Waals surface area (Å²) < 4.78 is 17.5. The molecular formula is C30H35N3O4. The Morgan fingerprint density at radius 1 is 0.892 bits per heavy atom. The SMILES string of the molecule is CCOc1cc2[nH]c(O)c(C(=Nc3ccc(OCCCN(C)C)cc3)c3ccccc3)c2cc1OCC. The van der Waals surface area contributed by atoms with E-state index in [1.165, 1.54) is 0 Å². The van der Waals surface area contributed by atoms with E-state index >= 15 is 0 Å². The van der Waals surface area contributed by atoms with E-state index in [2.05, 4.69) is 24.0 Å². The van der Waals surface area contributed by atoms with Gasteiger partial charge in [-0.1, -0.05) is 30.3 Å². The molecule has 194 valence electrons. The number of aromatic nitrogens is 1. The fourth-order valence-corrected chi connectivity index (χ4v) is 4.14. The topological polar surface area (TPSA) is 79.3 Å². The van der Waals surface area contributed by atoms with Gasteiger partial charge in [0, 0.05) is 23.6 Å². The van der Waals surface area contributed by atoms with Gasteiger partial charge in [0.25, 0.3) is 0 Å². The van der Waals surface area contributed by atoms with Gasteiger partial charge in [0.2, 0.25) is 0 Å². The summed E-state index contributed by atoms with van der Waals surface area (Å²) in [5.41, 5.74) is 3.63. The van der Waals surface area contributed by atoms with E-state index < -0.39 is 0 Å². The predicted octanol–water partition coefficient (Wildman–Crippen LogP) is 6.17. The minimum absolute atomic E-state index is 0.0366. The highest BCUT2D eigenvalue weighted by molar-refractivity contribution is 6.22. The van der Waals surface area contributed by atoms with E-state index in [4.69, 9.17) is 19.2 Å². The molecule has 3 aromatic carbocycles. The van der Waals surface area contributed by atoms with Crippen molar-refractivity contribution >= 4 is 22.3 Å². The second-order valence-corrected chi connectivity index (χ2v) is 8.88. The molecule has 4 rings (SSSR count). The third-order valence-electron chi connectivity index (χ3n) is 5.82. The molecule has 7 heteroatoms. The number of ether oxygens (including phenoxy) is 3. The first-order valence-corrected chi connectivity index (χ1v) is 12.7. The van der Waals surface area contributed by atoms with Crippen LogP contribution in [0.2, 0.25) is 0 Å². The van der Waals surface area contributed by atoms with Crippen molar-refractivity contribution in [2.45, 2.75) is 20.3 Å². The van der Waals surface area contributed by atoms with E-state index in [9.17, 15) is 5.11 Å². The molecular weight excluding hydrogens is 466 g/mol. The molecule has 4 aromatic rings. The maximum atomic E-state index is 11.0. The molecule has 7 nitrogen and oxygen atoms in total. The number of hydrogen-bond acceptors (Lipinski definition) is 6. The number of aromatic amines is 1. The first-order chi connectivity index (χ1) is 18.0. The number of aromatic hydroxyl groups is 1. The third-order valence-corrected chi connectivity index (χ3v) is 5.82. The van der Waals surface area contributed by atoms with Crippen molar-refractivity contribution in [3.8, 4) is 23.1 Å². The van der Waals surface area contributed by atoms with Crippen LogP contribution in [-0.4, -0.2) is 61.2 Å². The highest BCUT2D eigenvalue weighted by atomic mass is 16.5. The average molecular weight is 502 g/mol. The summed E-state index contributed by atoms with van der Waals surface area (Å²) in [4.78, 5) is 10.2. The Morgan fingerprint density at radius 3 is 2.22 bits per heavy atom. The standard InChI is InChI=1S/C30H35N3O4/c1-5-35-26-19-24-25(20-27(26)36-6-2)32-30(34)28(24)29(21-11-8-7-9-12-21)31-22-13-15-23(16-14-22)37-18-10-17-33(3)4/h7-9,11-16,19-20,32,34H,5-6,10,17-18H2,1-4H3. The number of rotatable bonds is 12. The highest BCUT2D eigenvalue weighted by Crippen LogP contribution is 2.38. The number of hydrogen-bond donors (Lipinski definition) is 2. The number of fused-ring (bicyclic) bond motifs is 1. The van der Waals surface area contributed by atoms with Crippen molar-refractivity contribution in [2.24, 2.45) is 4.99 Å². The molecule has 0 unspecified atom stereocenters. The summed E-state index contributed by atoms with van der Waals surface area (Å²) >= 11 is 0. The van der Waals surface area contributed by atoms with Gasteiger partial charge in [0.05, 0.1) is 42.3 Å². The van der Waals surface area contributed by atoms with E-state index in [-0.39, 0.29) is 5.88 Å². The van der Waals surface area contributed by atoms with Crippen molar-refractivity contribution in [1.29, 1.82) is 0 Å². The molecule has 0 fully saturated rings. The van der Waals surface area contributed by atoms with E-state index in [1.54, 1.807) is 0 Å². The maximum absolute atomic E-state index is 11.0. The second kappa shape index (κ2) is 12.3. The number of H-pyrrole nitrogens is 1. The normalized spacial score (nSPS) is 11.8. The lowest BCUT2D eigenvalue weighted by atomic mass is 10.0. The van der Waals surface area contributed by atoms with Crippen molar-refractivity contribution in [2.75, 3.05) is 40.5 Å². The molecule has 0 spiro atoms. The molecule has 0 saturated heterocycles. The molecule has 37 heavy (non-hydrogen) atoms. The first kappa shape index (κ1) is 26.1. The minimum Gasteiger partial charge on any atom is -0.494 e. The zero-order chi connectivity index (χ0) is 26.2. The Kier molecular flexibility index (Phi) is 8.69. The van der Waals surface area contributed by atoms with Crippen molar-refractivity contribution in [1.82, 2.24) is 9.88 Å². The van der Waals surface area contributed by atoms with Gasteiger partial charge < -0.3 is 29.2 Å². The molecule has 0 saturated carbocycles. The van der Waals surface area contributed by atoms with Crippen LogP contribution in [0.1, 0.15) is 31.4 Å². The van der Waals surface area contributed by atoms with Gasteiger partial charge in [-0.15, -0.1) is 0 Å². The summed E-state index contributed by atoms with van der Waals surface area (Å²) in [6.07, 6.45) is 0.958. The van der Waals surface area contributed by atoms with Gasteiger partial charge in [-0.05, 0) is 64.7 Å². The Labute approximate surface area is 218 Å². The lowest BCUT2D eigenvalue weighted by molar-refractivity contribution is 0.281. The zero-order valence-electron chi connectivity index (χ0n) is 22.0. The Hall–Kier alpha value is -3.97. The fraction of sp³-hybridized carbons (Fsp3) is 0.300. The highest BCUT2D eigenvalue weighted by Gasteiger charge is 2.21. The largest absolute Gasteiger partial charge is 0.494 e.